The van der Waals surface area contributed by atoms with Crippen molar-refractivity contribution in [3.05, 3.63) is 45.7 Å². The van der Waals surface area contributed by atoms with Crippen LogP contribution in [0.4, 0.5) is 5.69 Å². The van der Waals surface area contributed by atoms with Gasteiger partial charge in [0.1, 0.15) is 0 Å². The van der Waals surface area contributed by atoms with Crippen LogP contribution in [0.3, 0.4) is 0 Å². The normalized spacial score (nSPS) is 14.9. The van der Waals surface area contributed by atoms with Gasteiger partial charge >= 0.3 is 0 Å². The van der Waals surface area contributed by atoms with Crippen LogP contribution in [0.15, 0.2) is 18.2 Å². The zero-order valence-electron chi connectivity index (χ0n) is 12.4. The monoisotopic (exact) mass is 305 g/mol. The molecule has 0 fully saturated rings. The molecular weight excluding hydrogens is 286 g/mol. The highest BCUT2D eigenvalue weighted by Crippen LogP contribution is 2.33. The van der Waals surface area contributed by atoms with Gasteiger partial charge in [-0.1, -0.05) is 29.8 Å². The van der Waals surface area contributed by atoms with Crippen molar-refractivity contribution in [3.8, 4) is 0 Å². The summed E-state index contributed by atoms with van der Waals surface area (Å²) in [7, 11) is 0. The standard InChI is InChI=1S/C16H20ClN3O/c1-3-20-13(15(17)10(2)19-20)9-14(21)12-6-4-5-11-7-8-18-16(11)12/h4-6,14,18,21H,3,7-9H2,1-2H3. The summed E-state index contributed by atoms with van der Waals surface area (Å²) >= 11 is 6.33. The number of hydrogen-bond acceptors (Lipinski definition) is 3. The Morgan fingerprint density at radius 1 is 1.48 bits per heavy atom. The molecule has 1 aliphatic heterocycles. The van der Waals surface area contributed by atoms with Crippen LogP contribution in [-0.2, 0) is 19.4 Å². The van der Waals surface area contributed by atoms with Crippen molar-refractivity contribution in [2.75, 3.05) is 11.9 Å². The average molecular weight is 306 g/mol. The van der Waals surface area contributed by atoms with Gasteiger partial charge in [-0.05, 0) is 25.8 Å². The Morgan fingerprint density at radius 3 is 3.05 bits per heavy atom. The van der Waals surface area contributed by atoms with Gasteiger partial charge in [0.05, 0.1) is 22.5 Å². The zero-order chi connectivity index (χ0) is 15.0. The minimum atomic E-state index is -0.579. The van der Waals surface area contributed by atoms with Crippen LogP contribution in [0.5, 0.6) is 0 Å². The molecule has 0 amide bonds. The quantitative estimate of drug-likeness (QED) is 0.912. The van der Waals surface area contributed by atoms with E-state index in [9.17, 15) is 5.11 Å². The van der Waals surface area contributed by atoms with Gasteiger partial charge in [0.15, 0.2) is 0 Å². The first-order valence-electron chi connectivity index (χ1n) is 7.37. The second-order valence-corrected chi connectivity index (χ2v) is 5.82. The van der Waals surface area contributed by atoms with E-state index in [4.69, 9.17) is 11.6 Å². The molecule has 1 atom stereocenters. The molecule has 0 saturated carbocycles. The molecule has 5 heteroatoms. The first-order valence-corrected chi connectivity index (χ1v) is 7.75. The fraction of sp³-hybridized carbons (Fsp3) is 0.438. The van der Waals surface area contributed by atoms with Crippen molar-refractivity contribution in [2.45, 2.75) is 39.3 Å². The van der Waals surface area contributed by atoms with Gasteiger partial charge < -0.3 is 10.4 Å². The first kappa shape index (κ1) is 14.4. The highest BCUT2D eigenvalue weighted by Gasteiger charge is 2.22. The summed E-state index contributed by atoms with van der Waals surface area (Å²) < 4.78 is 1.87. The SMILES string of the molecule is CCn1nc(C)c(Cl)c1CC(O)c1cccc2c1NCC2. The van der Waals surface area contributed by atoms with Crippen molar-refractivity contribution in [2.24, 2.45) is 0 Å². The lowest BCUT2D eigenvalue weighted by atomic mass is 10.00. The molecule has 1 aliphatic rings. The number of halogens is 1. The molecule has 1 aromatic carbocycles. The van der Waals surface area contributed by atoms with E-state index in [0.29, 0.717) is 11.4 Å². The summed E-state index contributed by atoms with van der Waals surface area (Å²) in [6, 6.07) is 6.10. The summed E-state index contributed by atoms with van der Waals surface area (Å²) in [5.74, 6) is 0. The molecule has 0 radical (unpaired) electrons. The summed E-state index contributed by atoms with van der Waals surface area (Å²) in [5, 5.41) is 19.1. The molecule has 21 heavy (non-hydrogen) atoms. The van der Waals surface area contributed by atoms with Crippen LogP contribution < -0.4 is 5.32 Å². The second-order valence-electron chi connectivity index (χ2n) is 5.44. The maximum atomic E-state index is 10.7. The smallest absolute Gasteiger partial charge is 0.0865 e. The number of aliphatic hydroxyl groups excluding tert-OH is 1. The first-order chi connectivity index (χ1) is 10.1. The number of benzene rings is 1. The zero-order valence-corrected chi connectivity index (χ0v) is 13.1. The topological polar surface area (TPSA) is 50.1 Å². The Hall–Kier alpha value is -1.52. The van der Waals surface area contributed by atoms with E-state index in [0.717, 1.165) is 42.1 Å². The predicted molar refractivity (Wildman–Crippen MR) is 84.9 cm³/mol. The Labute approximate surface area is 129 Å². The van der Waals surface area contributed by atoms with E-state index in [-0.39, 0.29) is 0 Å². The molecule has 2 N–H and O–H groups in total. The van der Waals surface area contributed by atoms with E-state index in [1.54, 1.807) is 0 Å². The molecule has 3 rings (SSSR count). The number of nitrogens with zero attached hydrogens (tertiary/aromatic N) is 2. The number of aryl methyl sites for hydroxylation is 2. The van der Waals surface area contributed by atoms with E-state index in [1.165, 1.54) is 5.56 Å². The Balaban J connectivity index is 1.91. The Bertz CT molecular complexity index is 666. The van der Waals surface area contributed by atoms with Crippen molar-refractivity contribution < 1.29 is 5.11 Å². The third-order valence-electron chi connectivity index (χ3n) is 4.08. The number of aliphatic hydroxyl groups is 1. The van der Waals surface area contributed by atoms with Gasteiger partial charge in [-0.3, -0.25) is 4.68 Å². The van der Waals surface area contributed by atoms with Crippen LogP contribution >= 0.6 is 11.6 Å². The van der Waals surface area contributed by atoms with Gasteiger partial charge in [-0.15, -0.1) is 0 Å². The number of nitrogens with one attached hydrogen (secondary N) is 1. The molecule has 0 bridgehead atoms. The number of fused-ring (bicyclic) bond motifs is 1. The van der Waals surface area contributed by atoms with Gasteiger partial charge in [-0.25, -0.2) is 0 Å². The number of hydrogen-bond donors (Lipinski definition) is 2. The molecule has 0 saturated heterocycles. The van der Waals surface area contributed by atoms with Crippen molar-refractivity contribution >= 4 is 17.3 Å². The molecule has 2 heterocycles. The van der Waals surface area contributed by atoms with Crippen molar-refractivity contribution in [1.29, 1.82) is 0 Å². The van der Waals surface area contributed by atoms with Crippen LogP contribution in [0, 0.1) is 6.92 Å². The number of rotatable bonds is 4. The molecule has 1 aromatic heterocycles. The van der Waals surface area contributed by atoms with Crippen molar-refractivity contribution in [3.63, 3.8) is 0 Å². The molecular formula is C16H20ClN3O. The van der Waals surface area contributed by atoms with Crippen molar-refractivity contribution in [1.82, 2.24) is 9.78 Å². The van der Waals surface area contributed by atoms with Crippen LogP contribution in [0.1, 0.15) is 35.5 Å². The Morgan fingerprint density at radius 2 is 2.29 bits per heavy atom. The maximum absolute atomic E-state index is 10.7. The largest absolute Gasteiger partial charge is 0.388 e. The average Bonchev–Trinajstić information content (AvgIpc) is 3.06. The minimum absolute atomic E-state index is 0.478. The summed E-state index contributed by atoms with van der Waals surface area (Å²) in [5.41, 5.74) is 5.03. The van der Waals surface area contributed by atoms with Gasteiger partial charge in [-0.2, -0.15) is 5.10 Å². The van der Waals surface area contributed by atoms with Gasteiger partial charge in [0.2, 0.25) is 0 Å². The fourth-order valence-electron chi connectivity index (χ4n) is 3.00. The third-order valence-corrected chi connectivity index (χ3v) is 4.57. The molecule has 0 spiro atoms. The summed E-state index contributed by atoms with van der Waals surface area (Å²) in [6.07, 6.45) is 0.915. The third kappa shape index (κ3) is 2.54. The van der Waals surface area contributed by atoms with E-state index < -0.39 is 6.10 Å². The maximum Gasteiger partial charge on any atom is 0.0865 e. The minimum Gasteiger partial charge on any atom is -0.388 e. The summed E-state index contributed by atoms with van der Waals surface area (Å²) in [4.78, 5) is 0. The molecule has 1 unspecified atom stereocenters. The second kappa shape index (κ2) is 5.70. The lowest BCUT2D eigenvalue weighted by Gasteiger charge is -2.16. The fourth-order valence-corrected chi connectivity index (χ4v) is 3.21. The summed E-state index contributed by atoms with van der Waals surface area (Å²) in [6.45, 7) is 5.61. The van der Waals surface area contributed by atoms with E-state index in [1.807, 2.05) is 30.7 Å². The highest BCUT2D eigenvalue weighted by molar-refractivity contribution is 6.31. The van der Waals surface area contributed by atoms with Crippen LogP contribution in [-0.4, -0.2) is 21.4 Å². The van der Waals surface area contributed by atoms with Crippen LogP contribution in [0.2, 0.25) is 5.02 Å². The van der Waals surface area contributed by atoms with Crippen LogP contribution in [0.25, 0.3) is 0 Å². The molecule has 0 aliphatic carbocycles. The number of aromatic nitrogens is 2. The van der Waals surface area contributed by atoms with E-state index in [2.05, 4.69) is 16.5 Å². The molecule has 112 valence electrons. The molecule has 2 aromatic rings. The highest BCUT2D eigenvalue weighted by atomic mass is 35.5. The Kier molecular flexibility index (Phi) is 3.91. The number of para-hydroxylation sites is 1. The van der Waals surface area contributed by atoms with Gasteiger partial charge in [0.25, 0.3) is 0 Å². The molecule has 4 nitrogen and oxygen atoms in total. The number of anilines is 1. The van der Waals surface area contributed by atoms with E-state index >= 15 is 0 Å². The lowest BCUT2D eigenvalue weighted by Crippen LogP contribution is -2.10. The lowest BCUT2D eigenvalue weighted by molar-refractivity contribution is 0.176. The predicted octanol–water partition coefficient (Wildman–Crippen LogP) is 3.11. The van der Waals surface area contributed by atoms with Gasteiger partial charge in [0, 0.05) is 30.8 Å².